The molecule has 9 heteroatoms. The van der Waals surface area contributed by atoms with Gasteiger partial charge in [-0.1, -0.05) is 11.3 Å². The fraction of sp³-hybridized carbons (Fsp3) is 0.273. The predicted molar refractivity (Wildman–Crippen MR) is 79.8 cm³/mol. The van der Waals surface area contributed by atoms with Crippen LogP contribution in [0.5, 0.6) is 0 Å². The van der Waals surface area contributed by atoms with Crippen LogP contribution in [0.2, 0.25) is 0 Å². The van der Waals surface area contributed by atoms with Gasteiger partial charge in [-0.15, -0.1) is 5.10 Å². The average Bonchev–Trinajstić information content (AvgIpc) is 2.70. The Morgan fingerprint density at radius 1 is 1.45 bits per heavy atom. The van der Waals surface area contributed by atoms with Crippen molar-refractivity contribution >= 4 is 37.3 Å². The van der Waals surface area contributed by atoms with E-state index in [1.165, 1.54) is 16.0 Å². The van der Waals surface area contributed by atoms with Gasteiger partial charge in [0.25, 0.3) is 10.0 Å². The number of sulfonamides is 1. The first-order valence-corrected chi connectivity index (χ1v) is 8.04. The van der Waals surface area contributed by atoms with Crippen LogP contribution in [0.1, 0.15) is 6.92 Å². The second kappa shape index (κ2) is 5.41. The molecule has 0 saturated carbocycles. The van der Waals surface area contributed by atoms with E-state index in [1.807, 2.05) is 0 Å². The van der Waals surface area contributed by atoms with Gasteiger partial charge in [-0.3, -0.25) is 4.31 Å². The zero-order chi connectivity index (χ0) is 14.9. The Morgan fingerprint density at radius 3 is 2.65 bits per heavy atom. The zero-order valence-corrected chi connectivity index (χ0v) is 13.4. The maximum Gasteiger partial charge on any atom is 0.284 e. The van der Waals surface area contributed by atoms with Gasteiger partial charge in [0.1, 0.15) is 0 Å². The maximum atomic E-state index is 12.7. The number of nitrogens with two attached hydrogens (primary N) is 1. The van der Waals surface area contributed by atoms with Crippen molar-refractivity contribution in [2.24, 2.45) is 7.05 Å². The lowest BCUT2D eigenvalue weighted by atomic mass is 10.3. The van der Waals surface area contributed by atoms with Crippen LogP contribution in [-0.4, -0.2) is 30.0 Å². The van der Waals surface area contributed by atoms with Crippen molar-refractivity contribution < 1.29 is 8.42 Å². The molecule has 1 aromatic heterocycles. The highest BCUT2D eigenvalue weighted by Crippen LogP contribution is 2.27. The van der Waals surface area contributed by atoms with Gasteiger partial charge in [0, 0.05) is 19.3 Å². The summed E-state index contributed by atoms with van der Waals surface area (Å²) < 4.78 is 28.1. The summed E-state index contributed by atoms with van der Waals surface area (Å²) in [5.41, 5.74) is 6.71. The number of nitrogens with zero attached hydrogens (tertiary/aromatic N) is 4. The summed E-state index contributed by atoms with van der Waals surface area (Å²) in [5, 5.41) is 7.41. The van der Waals surface area contributed by atoms with E-state index in [-0.39, 0.29) is 16.2 Å². The van der Waals surface area contributed by atoms with Gasteiger partial charge in [-0.2, -0.15) is 8.42 Å². The van der Waals surface area contributed by atoms with Crippen LogP contribution in [0.3, 0.4) is 0 Å². The summed E-state index contributed by atoms with van der Waals surface area (Å²) in [7, 11) is -2.24. The standard InChI is InChI=1S/C11H14BrN5O2S/c1-3-17(9-6-4-5-8(13)7-9)20(18,19)11-10(12)14-15-16(11)2/h4-7H,3,13H2,1-2H3. The number of hydrogen-bond donors (Lipinski definition) is 1. The number of nitrogen functional groups attached to an aromatic ring is 1. The van der Waals surface area contributed by atoms with Gasteiger partial charge < -0.3 is 5.73 Å². The molecule has 0 aliphatic carbocycles. The van der Waals surface area contributed by atoms with E-state index in [0.717, 1.165) is 0 Å². The van der Waals surface area contributed by atoms with E-state index in [9.17, 15) is 8.42 Å². The topological polar surface area (TPSA) is 94.1 Å². The van der Waals surface area contributed by atoms with Gasteiger partial charge in [0.2, 0.25) is 5.03 Å². The van der Waals surface area contributed by atoms with Crippen LogP contribution in [0.15, 0.2) is 33.9 Å². The van der Waals surface area contributed by atoms with Crippen molar-refractivity contribution in [1.29, 1.82) is 0 Å². The number of aryl methyl sites for hydroxylation is 1. The van der Waals surface area contributed by atoms with E-state index < -0.39 is 10.0 Å². The van der Waals surface area contributed by atoms with Crippen molar-refractivity contribution in [3.05, 3.63) is 28.9 Å². The Labute approximate surface area is 125 Å². The highest BCUT2D eigenvalue weighted by molar-refractivity contribution is 9.10. The van der Waals surface area contributed by atoms with E-state index in [2.05, 4.69) is 26.2 Å². The average molecular weight is 360 g/mol. The molecule has 0 saturated heterocycles. The smallest absolute Gasteiger partial charge is 0.284 e. The largest absolute Gasteiger partial charge is 0.399 e. The van der Waals surface area contributed by atoms with Crippen LogP contribution < -0.4 is 10.0 Å². The summed E-state index contributed by atoms with van der Waals surface area (Å²) in [4.78, 5) is 0. The number of aromatic nitrogens is 3. The van der Waals surface area contributed by atoms with Crippen LogP contribution in [0.25, 0.3) is 0 Å². The summed E-state index contributed by atoms with van der Waals surface area (Å²) >= 11 is 3.11. The fourth-order valence-corrected chi connectivity index (χ4v) is 4.38. The third-order valence-corrected chi connectivity index (χ3v) is 5.51. The number of rotatable bonds is 4. The fourth-order valence-electron chi connectivity index (χ4n) is 1.87. The lowest BCUT2D eigenvalue weighted by Gasteiger charge is -2.22. The first kappa shape index (κ1) is 14.8. The number of benzene rings is 1. The van der Waals surface area contributed by atoms with Crippen molar-refractivity contribution in [2.45, 2.75) is 11.9 Å². The number of halogens is 1. The Kier molecular flexibility index (Phi) is 4.00. The molecule has 7 nitrogen and oxygen atoms in total. The Morgan fingerprint density at radius 2 is 2.15 bits per heavy atom. The van der Waals surface area contributed by atoms with Gasteiger partial charge in [0.15, 0.2) is 4.60 Å². The molecule has 2 aromatic rings. The van der Waals surface area contributed by atoms with Gasteiger partial charge in [-0.05, 0) is 41.1 Å². The van der Waals surface area contributed by atoms with Crippen LogP contribution in [-0.2, 0) is 17.1 Å². The molecule has 1 heterocycles. The minimum atomic E-state index is -3.77. The number of hydrogen-bond acceptors (Lipinski definition) is 5. The quantitative estimate of drug-likeness (QED) is 0.832. The molecule has 0 spiro atoms. The minimum Gasteiger partial charge on any atom is -0.399 e. The van der Waals surface area contributed by atoms with E-state index in [0.29, 0.717) is 11.4 Å². The minimum absolute atomic E-state index is 0.00164. The third kappa shape index (κ3) is 2.50. The van der Waals surface area contributed by atoms with Crippen LogP contribution in [0.4, 0.5) is 11.4 Å². The first-order chi connectivity index (χ1) is 9.37. The van der Waals surface area contributed by atoms with Gasteiger partial charge >= 0.3 is 0 Å². The molecule has 0 atom stereocenters. The molecule has 1 aromatic carbocycles. The predicted octanol–water partition coefficient (Wildman–Crippen LogP) is 1.38. The molecule has 0 radical (unpaired) electrons. The van der Waals surface area contributed by atoms with Crippen LogP contribution in [0, 0.1) is 0 Å². The molecule has 0 bridgehead atoms. The molecule has 20 heavy (non-hydrogen) atoms. The SMILES string of the molecule is CCN(c1cccc(N)c1)S(=O)(=O)c1c(Br)nnn1C. The molecular formula is C11H14BrN5O2S. The Bertz CT molecular complexity index is 709. The number of anilines is 2. The second-order valence-electron chi connectivity index (χ2n) is 4.07. The molecule has 0 fully saturated rings. The lowest BCUT2D eigenvalue weighted by molar-refractivity contribution is 0.570. The molecule has 0 aliphatic heterocycles. The first-order valence-electron chi connectivity index (χ1n) is 5.81. The molecule has 2 rings (SSSR count). The molecule has 0 amide bonds. The highest BCUT2D eigenvalue weighted by atomic mass is 79.9. The van der Waals surface area contributed by atoms with Crippen molar-refractivity contribution in [3.63, 3.8) is 0 Å². The van der Waals surface area contributed by atoms with E-state index in [1.54, 1.807) is 31.2 Å². The van der Waals surface area contributed by atoms with Gasteiger partial charge in [0.05, 0.1) is 5.69 Å². The normalized spacial score (nSPS) is 11.6. The van der Waals surface area contributed by atoms with E-state index in [4.69, 9.17) is 5.73 Å². The second-order valence-corrected chi connectivity index (χ2v) is 6.60. The summed E-state index contributed by atoms with van der Waals surface area (Å²) in [6, 6.07) is 6.71. The van der Waals surface area contributed by atoms with E-state index >= 15 is 0 Å². The molecule has 2 N–H and O–H groups in total. The maximum absolute atomic E-state index is 12.7. The molecular weight excluding hydrogens is 346 g/mol. The molecule has 0 unspecified atom stereocenters. The summed E-state index contributed by atoms with van der Waals surface area (Å²) in [6.07, 6.45) is 0. The summed E-state index contributed by atoms with van der Waals surface area (Å²) in [6.45, 7) is 2.02. The van der Waals surface area contributed by atoms with Crippen molar-refractivity contribution in [2.75, 3.05) is 16.6 Å². The van der Waals surface area contributed by atoms with Gasteiger partial charge in [-0.25, -0.2) is 4.68 Å². The van der Waals surface area contributed by atoms with Crippen LogP contribution >= 0.6 is 15.9 Å². The molecule has 108 valence electrons. The molecule has 0 aliphatic rings. The summed E-state index contributed by atoms with van der Waals surface area (Å²) in [5.74, 6) is 0. The Hall–Kier alpha value is -1.61. The monoisotopic (exact) mass is 359 g/mol. The van der Waals surface area contributed by atoms with Crippen molar-refractivity contribution in [1.82, 2.24) is 15.0 Å². The lowest BCUT2D eigenvalue weighted by Crippen LogP contribution is -2.32. The van der Waals surface area contributed by atoms with Crippen molar-refractivity contribution in [3.8, 4) is 0 Å². The highest BCUT2D eigenvalue weighted by Gasteiger charge is 2.30. The third-order valence-electron chi connectivity index (χ3n) is 2.72. The Balaban J connectivity index is 2.57. The zero-order valence-electron chi connectivity index (χ0n) is 11.0.